The maximum Gasteiger partial charge on any atom is 0.401 e. The van der Waals surface area contributed by atoms with Crippen molar-refractivity contribution in [3.63, 3.8) is 0 Å². The number of piperazine rings is 1. The molecular weight excluding hydrogens is 337 g/mol. The van der Waals surface area contributed by atoms with E-state index >= 15 is 0 Å². The maximum absolute atomic E-state index is 12.3. The lowest BCUT2D eigenvalue weighted by atomic mass is 10.1. The fourth-order valence-electron chi connectivity index (χ4n) is 2.37. The molecule has 0 aliphatic carbocycles. The lowest BCUT2D eigenvalue weighted by Crippen LogP contribution is -2.49. The van der Waals surface area contributed by atoms with Crippen molar-refractivity contribution in [1.29, 1.82) is 0 Å². The van der Waals surface area contributed by atoms with E-state index in [1.54, 1.807) is 0 Å². The van der Waals surface area contributed by atoms with E-state index in [1.807, 2.05) is 23.1 Å². The van der Waals surface area contributed by atoms with Crippen molar-refractivity contribution in [2.45, 2.75) is 12.8 Å². The van der Waals surface area contributed by atoms with Gasteiger partial charge in [-0.05, 0) is 12.1 Å². The molecule has 0 amide bonds. The first-order valence-corrected chi connectivity index (χ1v) is 7.12. The smallest absolute Gasteiger partial charge is 0.392 e. The van der Waals surface area contributed by atoms with Gasteiger partial charge in [-0.2, -0.15) is 13.2 Å². The number of rotatable bonds is 3. The predicted octanol–water partition coefficient (Wildman–Crippen LogP) is 2.63. The Balaban J connectivity index is 2.02. The number of benzene rings is 1. The first kappa shape index (κ1) is 15.6. The minimum Gasteiger partial charge on any atom is -0.392 e. The topological polar surface area (TPSA) is 26.7 Å². The van der Waals surface area contributed by atoms with Crippen LogP contribution in [0.15, 0.2) is 22.7 Å². The number of nitrogens with zero attached hydrogens (tertiary/aromatic N) is 2. The van der Waals surface area contributed by atoms with Crippen LogP contribution in [0.2, 0.25) is 0 Å². The van der Waals surface area contributed by atoms with E-state index < -0.39 is 12.7 Å². The number of hydrogen-bond donors (Lipinski definition) is 1. The molecule has 1 heterocycles. The predicted molar refractivity (Wildman–Crippen MR) is 74.8 cm³/mol. The van der Waals surface area contributed by atoms with Crippen LogP contribution in [0.4, 0.5) is 18.9 Å². The Labute approximate surface area is 124 Å². The summed E-state index contributed by atoms with van der Waals surface area (Å²) in [6.45, 7) is 0.865. The van der Waals surface area contributed by atoms with E-state index in [-0.39, 0.29) is 6.61 Å². The van der Waals surface area contributed by atoms with Gasteiger partial charge in [0.1, 0.15) is 0 Å². The molecule has 0 saturated carbocycles. The number of halogens is 4. The van der Waals surface area contributed by atoms with Crippen LogP contribution < -0.4 is 4.90 Å². The van der Waals surface area contributed by atoms with Crippen molar-refractivity contribution >= 4 is 21.6 Å². The van der Waals surface area contributed by atoms with Crippen molar-refractivity contribution in [2.24, 2.45) is 0 Å². The molecule has 1 aliphatic rings. The molecule has 1 aromatic rings. The SMILES string of the molecule is OCc1ccc(Br)cc1N1CCN(CC(F)(F)F)CC1. The molecule has 1 saturated heterocycles. The summed E-state index contributed by atoms with van der Waals surface area (Å²) in [6, 6.07) is 5.56. The van der Waals surface area contributed by atoms with Gasteiger partial charge in [-0.3, -0.25) is 4.90 Å². The van der Waals surface area contributed by atoms with Gasteiger partial charge in [0.15, 0.2) is 0 Å². The van der Waals surface area contributed by atoms with Crippen molar-refractivity contribution in [2.75, 3.05) is 37.6 Å². The third-order valence-electron chi connectivity index (χ3n) is 3.33. The molecule has 0 unspecified atom stereocenters. The summed E-state index contributed by atoms with van der Waals surface area (Å²) in [6.07, 6.45) is -4.14. The highest BCUT2D eigenvalue weighted by Crippen LogP contribution is 2.27. The zero-order valence-corrected chi connectivity index (χ0v) is 12.4. The fraction of sp³-hybridized carbons (Fsp3) is 0.538. The number of aliphatic hydroxyl groups excluding tert-OH is 1. The van der Waals surface area contributed by atoms with E-state index in [2.05, 4.69) is 15.9 Å². The van der Waals surface area contributed by atoms with Gasteiger partial charge in [-0.25, -0.2) is 0 Å². The standard InChI is InChI=1S/C13H16BrF3N2O/c14-11-2-1-10(8-20)12(7-11)19-5-3-18(4-6-19)9-13(15,16)17/h1-2,7,20H,3-6,8-9H2. The third kappa shape index (κ3) is 4.10. The van der Waals surface area contributed by atoms with Gasteiger partial charge in [-0.15, -0.1) is 0 Å². The van der Waals surface area contributed by atoms with Crippen LogP contribution in [-0.4, -0.2) is 48.9 Å². The summed E-state index contributed by atoms with van der Waals surface area (Å²) in [7, 11) is 0. The van der Waals surface area contributed by atoms with Gasteiger partial charge in [0.2, 0.25) is 0 Å². The van der Waals surface area contributed by atoms with E-state index in [1.165, 1.54) is 4.90 Å². The summed E-state index contributed by atoms with van der Waals surface area (Å²) in [4.78, 5) is 3.43. The highest BCUT2D eigenvalue weighted by molar-refractivity contribution is 9.10. The zero-order valence-electron chi connectivity index (χ0n) is 10.8. The Hall–Kier alpha value is -0.790. The second-order valence-corrected chi connectivity index (χ2v) is 5.73. The molecule has 0 aromatic heterocycles. The van der Waals surface area contributed by atoms with Crippen molar-refractivity contribution in [3.8, 4) is 0 Å². The highest BCUT2D eigenvalue weighted by atomic mass is 79.9. The number of anilines is 1. The van der Waals surface area contributed by atoms with Crippen LogP contribution in [0.1, 0.15) is 5.56 Å². The Morgan fingerprint density at radius 3 is 2.35 bits per heavy atom. The molecule has 0 bridgehead atoms. The molecule has 3 nitrogen and oxygen atoms in total. The quantitative estimate of drug-likeness (QED) is 0.905. The molecule has 0 spiro atoms. The molecule has 20 heavy (non-hydrogen) atoms. The average molecular weight is 353 g/mol. The number of alkyl halides is 3. The Kier molecular flexibility index (Phi) is 4.93. The molecule has 112 valence electrons. The Morgan fingerprint density at radius 2 is 1.80 bits per heavy atom. The molecule has 1 N–H and O–H groups in total. The molecule has 1 fully saturated rings. The average Bonchev–Trinajstić information content (AvgIpc) is 2.38. The van der Waals surface area contributed by atoms with Gasteiger partial charge in [-0.1, -0.05) is 22.0 Å². The van der Waals surface area contributed by atoms with Crippen LogP contribution in [0.25, 0.3) is 0 Å². The molecule has 7 heteroatoms. The van der Waals surface area contributed by atoms with E-state index in [0.717, 1.165) is 15.7 Å². The fourth-order valence-corrected chi connectivity index (χ4v) is 2.71. The highest BCUT2D eigenvalue weighted by Gasteiger charge is 2.32. The minimum absolute atomic E-state index is 0.0780. The van der Waals surface area contributed by atoms with Crippen molar-refractivity contribution < 1.29 is 18.3 Å². The van der Waals surface area contributed by atoms with E-state index in [4.69, 9.17) is 0 Å². The molecule has 2 rings (SSSR count). The second-order valence-electron chi connectivity index (χ2n) is 4.81. The summed E-state index contributed by atoms with van der Waals surface area (Å²) in [5.74, 6) is 0. The molecular formula is C13H16BrF3N2O. The van der Waals surface area contributed by atoms with Gasteiger partial charge in [0.05, 0.1) is 13.2 Å². The van der Waals surface area contributed by atoms with Gasteiger partial charge < -0.3 is 10.0 Å². The normalized spacial score (nSPS) is 17.6. The molecule has 0 atom stereocenters. The van der Waals surface area contributed by atoms with Crippen LogP contribution in [0, 0.1) is 0 Å². The first-order valence-electron chi connectivity index (χ1n) is 6.32. The second kappa shape index (κ2) is 6.32. The van der Waals surface area contributed by atoms with Gasteiger partial charge in [0, 0.05) is 41.9 Å². The van der Waals surface area contributed by atoms with E-state index in [0.29, 0.717) is 26.2 Å². The monoisotopic (exact) mass is 352 g/mol. The lowest BCUT2D eigenvalue weighted by molar-refractivity contribution is -0.146. The Bertz CT molecular complexity index is 459. The third-order valence-corrected chi connectivity index (χ3v) is 3.83. The van der Waals surface area contributed by atoms with Crippen LogP contribution in [-0.2, 0) is 6.61 Å². The number of aliphatic hydroxyl groups is 1. The van der Waals surface area contributed by atoms with E-state index in [9.17, 15) is 18.3 Å². The minimum atomic E-state index is -4.14. The van der Waals surface area contributed by atoms with Gasteiger partial charge >= 0.3 is 6.18 Å². The first-order chi connectivity index (χ1) is 9.39. The van der Waals surface area contributed by atoms with Crippen LogP contribution in [0.5, 0.6) is 0 Å². The largest absolute Gasteiger partial charge is 0.401 e. The lowest BCUT2D eigenvalue weighted by Gasteiger charge is -2.37. The van der Waals surface area contributed by atoms with Crippen molar-refractivity contribution in [1.82, 2.24) is 4.90 Å². The molecule has 1 aromatic carbocycles. The molecule has 1 aliphatic heterocycles. The van der Waals surface area contributed by atoms with Gasteiger partial charge in [0.25, 0.3) is 0 Å². The van der Waals surface area contributed by atoms with Crippen LogP contribution >= 0.6 is 15.9 Å². The maximum atomic E-state index is 12.3. The van der Waals surface area contributed by atoms with Crippen LogP contribution in [0.3, 0.4) is 0 Å². The zero-order chi connectivity index (χ0) is 14.8. The Morgan fingerprint density at radius 1 is 1.15 bits per heavy atom. The molecule has 0 radical (unpaired) electrons. The summed E-state index contributed by atoms with van der Waals surface area (Å²) in [5.41, 5.74) is 1.67. The summed E-state index contributed by atoms with van der Waals surface area (Å²) >= 11 is 3.38. The van der Waals surface area contributed by atoms with Crippen molar-refractivity contribution in [3.05, 3.63) is 28.2 Å². The summed E-state index contributed by atoms with van der Waals surface area (Å²) < 4.78 is 37.9. The number of hydrogen-bond acceptors (Lipinski definition) is 3. The summed E-state index contributed by atoms with van der Waals surface area (Å²) in [5, 5.41) is 9.34.